The highest BCUT2D eigenvalue weighted by molar-refractivity contribution is 4.76. The van der Waals surface area contributed by atoms with Crippen LogP contribution in [0.5, 0.6) is 0 Å². The highest BCUT2D eigenvalue weighted by atomic mass is 14.9. The van der Waals surface area contributed by atoms with E-state index in [2.05, 4.69) is 27.7 Å². The first kappa shape index (κ1) is 15.0. The highest BCUT2D eigenvalue weighted by Gasteiger charge is 2.16. The lowest BCUT2D eigenvalue weighted by molar-refractivity contribution is 0.339. The van der Waals surface area contributed by atoms with Crippen molar-refractivity contribution >= 4 is 0 Å². The Morgan fingerprint density at radius 2 is 1.40 bits per heavy atom. The Morgan fingerprint density at radius 3 is 2.00 bits per heavy atom. The van der Waals surface area contributed by atoms with E-state index in [4.69, 9.17) is 5.32 Å². The summed E-state index contributed by atoms with van der Waals surface area (Å²) in [4.78, 5) is 0. The molecule has 0 saturated heterocycles. The highest BCUT2D eigenvalue weighted by Crippen LogP contribution is 2.14. The Hall–Kier alpha value is -0.0400. The maximum absolute atomic E-state index is 4.79. The molecule has 0 atom stereocenters. The monoisotopic (exact) mass is 212 g/mol. The zero-order valence-electron chi connectivity index (χ0n) is 11.3. The van der Waals surface area contributed by atoms with Gasteiger partial charge >= 0.3 is 0 Å². The summed E-state index contributed by atoms with van der Waals surface area (Å²) in [5.41, 5.74) is 0.223. The average Bonchev–Trinajstić information content (AvgIpc) is 2.20. The summed E-state index contributed by atoms with van der Waals surface area (Å²) in [5, 5.41) is 4.79. The van der Waals surface area contributed by atoms with Gasteiger partial charge in [0.25, 0.3) is 0 Å². The third kappa shape index (κ3) is 10.2. The SMILES string of the molecule is CCCCCCC[N]C(C)(C)CCCC. The van der Waals surface area contributed by atoms with Crippen LogP contribution in [0.3, 0.4) is 0 Å². The van der Waals surface area contributed by atoms with Crippen LogP contribution in [-0.4, -0.2) is 12.1 Å². The number of nitrogens with zero attached hydrogens (tertiary/aromatic N) is 1. The minimum atomic E-state index is 0.223. The van der Waals surface area contributed by atoms with Gasteiger partial charge in [-0.1, -0.05) is 52.4 Å². The number of rotatable bonds is 10. The van der Waals surface area contributed by atoms with E-state index < -0.39 is 0 Å². The van der Waals surface area contributed by atoms with Crippen LogP contribution in [-0.2, 0) is 0 Å². The molecule has 0 amide bonds. The quantitative estimate of drug-likeness (QED) is 0.472. The Bertz CT molecular complexity index is 129. The van der Waals surface area contributed by atoms with E-state index in [1.54, 1.807) is 0 Å². The molecular weight excluding hydrogens is 182 g/mol. The van der Waals surface area contributed by atoms with Gasteiger partial charge in [0.2, 0.25) is 0 Å². The van der Waals surface area contributed by atoms with Gasteiger partial charge in [-0.05, 0) is 26.7 Å². The molecule has 0 bridgehead atoms. The molecule has 0 heterocycles. The molecule has 0 aromatic rings. The standard InChI is InChI=1S/C14H30N/c1-5-7-9-10-11-13-15-14(3,4)12-8-6-2/h5-13H2,1-4H3. The zero-order valence-corrected chi connectivity index (χ0v) is 11.3. The maximum atomic E-state index is 4.79. The molecule has 0 aromatic carbocycles. The smallest absolute Gasteiger partial charge is 0.0300 e. The molecule has 0 aliphatic rings. The summed E-state index contributed by atoms with van der Waals surface area (Å²) in [5.74, 6) is 0. The Labute approximate surface area is 97.0 Å². The van der Waals surface area contributed by atoms with Crippen LogP contribution in [0.1, 0.15) is 79.1 Å². The Balaban J connectivity index is 3.32. The molecule has 0 aliphatic heterocycles. The summed E-state index contributed by atoms with van der Waals surface area (Å²) in [7, 11) is 0. The molecule has 0 fully saturated rings. The van der Waals surface area contributed by atoms with E-state index in [-0.39, 0.29) is 5.54 Å². The van der Waals surface area contributed by atoms with Crippen LogP contribution in [0, 0.1) is 0 Å². The van der Waals surface area contributed by atoms with Crippen molar-refractivity contribution in [1.29, 1.82) is 0 Å². The van der Waals surface area contributed by atoms with Crippen LogP contribution < -0.4 is 5.32 Å². The van der Waals surface area contributed by atoms with Crippen molar-refractivity contribution < 1.29 is 0 Å². The first-order chi connectivity index (χ1) is 7.12. The molecule has 0 N–H and O–H groups in total. The lowest BCUT2D eigenvalue weighted by Gasteiger charge is -2.24. The van der Waals surface area contributed by atoms with Crippen LogP contribution in [0.2, 0.25) is 0 Å². The molecule has 0 spiro atoms. The van der Waals surface area contributed by atoms with Crippen molar-refractivity contribution in [3.63, 3.8) is 0 Å². The van der Waals surface area contributed by atoms with Crippen LogP contribution >= 0.6 is 0 Å². The van der Waals surface area contributed by atoms with E-state index in [0.717, 1.165) is 6.54 Å². The van der Waals surface area contributed by atoms with Gasteiger partial charge in [-0.2, -0.15) is 0 Å². The van der Waals surface area contributed by atoms with Crippen LogP contribution in [0.15, 0.2) is 0 Å². The topological polar surface area (TPSA) is 14.1 Å². The molecular formula is C14H30N. The third-order valence-electron chi connectivity index (χ3n) is 2.94. The molecule has 0 unspecified atom stereocenters. The predicted molar refractivity (Wildman–Crippen MR) is 69.4 cm³/mol. The number of hydrogen-bond donors (Lipinski definition) is 0. The largest absolute Gasteiger partial charge is 0.236 e. The third-order valence-corrected chi connectivity index (χ3v) is 2.94. The van der Waals surface area contributed by atoms with Gasteiger partial charge in [0, 0.05) is 12.1 Å². The second kappa shape index (κ2) is 9.21. The van der Waals surface area contributed by atoms with Crippen molar-refractivity contribution in [3.8, 4) is 0 Å². The second-order valence-corrected chi connectivity index (χ2v) is 5.21. The summed E-state index contributed by atoms with van der Waals surface area (Å²) >= 11 is 0. The molecule has 0 aromatic heterocycles. The minimum absolute atomic E-state index is 0.223. The molecule has 0 saturated carbocycles. The van der Waals surface area contributed by atoms with Gasteiger partial charge < -0.3 is 0 Å². The fraction of sp³-hybridized carbons (Fsp3) is 1.00. The van der Waals surface area contributed by atoms with Gasteiger partial charge in [0.05, 0.1) is 0 Å². The molecule has 91 valence electrons. The van der Waals surface area contributed by atoms with Gasteiger partial charge in [-0.15, -0.1) is 0 Å². The van der Waals surface area contributed by atoms with E-state index >= 15 is 0 Å². The summed E-state index contributed by atoms with van der Waals surface area (Å²) in [6.07, 6.45) is 10.6. The first-order valence-corrected chi connectivity index (χ1v) is 6.81. The summed E-state index contributed by atoms with van der Waals surface area (Å²) < 4.78 is 0. The Kier molecular flexibility index (Phi) is 9.18. The lowest BCUT2D eigenvalue weighted by Crippen LogP contribution is -2.33. The van der Waals surface area contributed by atoms with E-state index in [1.807, 2.05) is 0 Å². The second-order valence-electron chi connectivity index (χ2n) is 5.21. The summed E-state index contributed by atoms with van der Waals surface area (Å²) in [6, 6.07) is 0. The summed E-state index contributed by atoms with van der Waals surface area (Å²) in [6.45, 7) is 10.1. The molecule has 1 radical (unpaired) electrons. The Morgan fingerprint density at radius 1 is 0.800 bits per heavy atom. The van der Waals surface area contributed by atoms with Gasteiger partial charge in [-0.25, -0.2) is 5.32 Å². The minimum Gasteiger partial charge on any atom is -0.236 e. The van der Waals surface area contributed by atoms with Gasteiger partial charge in [0.15, 0.2) is 0 Å². The predicted octanol–water partition coefficient (Wildman–Crippen LogP) is 4.53. The molecule has 0 aliphatic carbocycles. The number of unbranched alkanes of at least 4 members (excludes halogenated alkanes) is 5. The van der Waals surface area contributed by atoms with Crippen molar-refractivity contribution in [2.45, 2.75) is 84.6 Å². The van der Waals surface area contributed by atoms with Crippen LogP contribution in [0.4, 0.5) is 0 Å². The van der Waals surface area contributed by atoms with E-state index in [9.17, 15) is 0 Å². The van der Waals surface area contributed by atoms with Crippen molar-refractivity contribution in [2.24, 2.45) is 0 Å². The van der Waals surface area contributed by atoms with Crippen molar-refractivity contribution in [1.82, 2.24) is 5.32 Å². The zero-order chi connectivity index (χ0) is 11.6. The van der Waals surface area contributed by atoms with Gasteiger partial charge in [-0.3, -0.25) is 0 Å². The fourth-order valence-electron chi connectivity index (χ4n) is 1.79. The number of hydrogen-bond acceptors (Lipinski definition) is 0. The molecule has 0 rings (SSSR count). The van der Waals surface area contributed by atoms with Gasteiger partial charge in [0.1, 0.15) is 0 Å². The normalized spacial score (nSPS) is 12.0. The van der Waals surface area contributed by atoms with Crippen molar-refractivity contribution in [3.05, 3.63) is 0 Å². The van der Waals surface area contributed by atoms with E-state index in [0.29, 0.717) is 0 Å². The fourth-order valence-corrected chi connectivity index (χ4v) is 1.79. The van der Waals surface area contributed by atoms with Crippen molar-refractivity contribution in [2.75, 3.05) is 6.54 Å². The maximum Gasteiger partial charge on any atom is 0.0300 e. The van der Waals surface area contributed by atoms with E-state index in [1.165, 1.54) is 51.4 Å². The van der Waals surface area contributed by atoms with Crippen LogP contribution in [0.25, 0.3) is 0 Å². The lowest BCUT2D eigenvalue weighted by atomic mass is 9.97. The average molecular weight is 212 g/mol. The molecule has 1 nitrogen and oxygen atoms in total. The molecule has 15 heavy (non-hydrogen) atoms. The first-order valence-electron chi connectivity index (χ1n) is 6.81. The molecule has 1 heteroatoms.